The number of anilines is 1. The van der Waals surface area contributed by atoms with Crippen LogP contribution in [0, 0.1) is 5.92 Å². The molecule has 1 atom stereocenters. The summed E-state index contributed by atoms with van der Waals surface area (Å²) >= 11 is 0. The summed E-state index contributed by atoms with van der Waals surface area (Å²) in [5.74, 6) is 1.31. The quantitative estimate of drug-likeness (QED) is 0.289. The van der Waals surface area contributed by atoms with Crippen molar-refractivity contribution < 1.29 is 18.7 Å². The van der Waals surface area contributed by atoms with Crippen LogP contribution in [0.4, 0.5) is 5.69 Å². The molecule has 8 nitrogen and oxygen atoms in total. The first kappa shape index (κ1) is 22.8. The lowest BCUT2D eigenvalue weighted by atomic mass is 10.1. The minimum Gasteiger partial charge on any atom is -0.459 e. The van der Waals surface area contributed by atoms with Gasteiger partial charge in [-0.1, -0.05) is 12.1 Å². The first-order chi connectivity index (χ1) is 15.2. The van der Waals surface area contributed by atoms with E-state index in [2.05, 4.69) is 20.9 Å². The Labute approximate surface area is 183 Å². The number of carbonyl (C=O) groups is 1. The Morgan fingerprint density at radius 1 is 1.26 bits per heavy atom. The number of furan rings is 1. The fraction of sp³-hybridized carbons (Fsp3) is 0.478. The number of amides is 1. The van der Waals surface area contributed by atoms with Crippen LogP contribution in [0.25, 0.3) is 0 Å². The molecule has 168 valence electrons. The average molecular weight is 429 g/mol. The second-order valence-electron chi connectivity index (χ2n) is 7.41. The molecular formula is C23H32N4O4. The number of guanidine groups is 1. The van der Waals surface area contributed by atoms with Crippen LogP contribution in [-0.4, -0.2) is 51.4 Å². The smallest absolute Gasteiger partial charge is 0.291 e. The molecule has 1 aliphatic heterocycles. The zero-order chi connectivity index (χ0) is 21.7. The second kappa shape index (κ2) is 12.8. The Morgan fingerprint density at radius 3 is 2.97 bits per heavy atom. The molecule has 0 saturated carbocycles. The van der Waals surface area contributed by atoms with Crippen LogP contribution in [0.3, 0.4) is 0 Å². The van der Waals surface area contributed by atoms with Crippen molar-refractivity contribution in [2.75, 3.05) is 44.8 Å². The third-order valence-corrected chi connectivity index (χ3v) is 4.83. The maximum Gasteiger partial charge on any atom is 0.291 e. The lowest BCUT2D eigenvalue weighted by Crippen LogP contribution is -2.38. The van der Waals surface area contributed by atoms with Gasteiger partial charge in [-0.25, -0.2) is 4.99 Å². The Morgan fingerprint density at radius 2 is 2.19 bits per heavy atom. The lowest BCUT2D eigenvalue weighted by molar-refractivity contribution is 0.0888. The maximum atomic E-state index is 12.1. The van der Waals surface area contributed by atoms with Crippen LogP contribution in [0.5, 0.6) is 0 Å². The van der Waals surface area contributed by atoms with E-state index in [4.69, 9.17) is 13.9 Å². The van der Waals surface area contributed by atoms with E-state index in [1.54, 1.807) is 12.1 Å². The molecule has 8 heteroatoms. The zero-order valence-corrected chi connectivity index (χ0v) is 18.1. The highest BCUT2D eigenvalue weighted by atomic mass is 16.5. The Kier molecular flexibility index (Phi) is 9.40. The van der Waals surface area contributed by atoms with Crippen molar-refractivity contribution in [1.29, 1.82) is 0 Å². The normalized spacial score (nSPS) is 16.3. The summed E-state index contributed by atoms with van der Waals surface area (Å²) in [4.78, 5) is 16.8. The van der Waals surface area contributed by atoms with Gasteiger partial charge in [0.25, 0.3) is 5.91 Å². The number of carbonyl (C=O) groups excluding carboxylic acids is 1. The molecule has 0 radical (unpaired) electrons. The number of nitrogens with one attached hydrogen (secondary N) is 3. The fourth-order valence-corrected chi connectivity index (χ4v) is 3.21. The van der Waals surface area contributed by atoms with Crippen LogP contribution < -0.4 is 16.0 Å². The predicted molar refractivity (Wildman–Crippen MR) is 120 cm³/mol. The summed E-state index contributed by atoms with van der Waals surface area (Å²) in [6.45, 7) is 7.28. The number of nitrogens with zero attached hydrogens (tertiary/aromatic N) is 1. The van der Waals surface area contributed by atoms with Crippen LogP contribution in [-0.2, 0) is 16.0 Å². The van der Waals surface area contributed by atoms with Gasteiger partial charge in [-0.15, -0.1) is 0 Å². The number of aliphatic imine (C=N–C) groups is 1. The minimum atomic E-state index is -0.275. The van der Waals surface area contributed by atoms with Gasteiger partial charge in [-0.05, 0) is 49.6 Å². The lowest BCUT2D eigenvalue weighted by Gasteiger charge is -2.12. The molecule has 0 aliphatic carbocycles. The molecular weight excluding hydrogens is 396 g/mol. The summed E-state index contributed by atoms with van der Waals surface area (Å²) in [7, 11) is 0. The second-order valence-corrected chi connectivity index (χ2v) is 7.41. The van der Waals surface area contributed by atoms with E-state index >= 15 is 0 Å². The van der Waals surface area contributed by atoms with E-state index in [0.717, 1.165) is 63.9 Å². The van der Waals surface area contributed by atoms with Crippen molar-refractivity contribution >= 4 is 17.6 Å². The topological polar surface area (TPSA) is 97.1 Å². The van der Waals surface area contributed by atoms with Gasteiger partial charge in [-0.3, -0.25) is 4.79 Å². The van der Waals surface area contributed by atoms with E-state index in [1.165, 1.54) is 6.26 Å². The molecule has 1 unspecified atom stereocenters. The fourth-order valence-electron chi connectivity index (χ4n) is 3.21. The van der Waals surface area contributed by atoms with Gasteiger partial charge < -0.3 is 29.8 Å². The molecule has 1 saturated heterocycles. The first-order valence-electron chi connectivity index (χ1n) is 10.9. The minimum absolute atomic E-state index is 0.275. The number of ether oxygens (including phenoxy) is 2. The molecule has 2 aromatic rings. The van der Waals surface area contributed by atoms with Gasteiger partial charge in [0.05, 0.1) is 26.0 Å². The highest BCUT2D eigenvalue weighted by Gasteiger charge is 2.15. The number of hydrogen-bond acceptors (Lipinski definition) is 5. The van der Waals surface area contributed by atoms with Crippen LogP contribution in [0.15, 0.2) is 52.1 Å². The van der Waals surface area contributed by atoms with Crippen molar-refractivity contribution in [1.82, 2.24) is 10.6 Å². The third-order valence-electron chi connectivity index (χ3n) is 4.83. The summed E-state index contributed by atoms with van der Waals surface area (Å²) < 4.78 is 16.2. The monoisotopic (exact) mass is 428 g/mol. The third kappa shape index (κ3) is 8.07. The number of benzene rings is 1. The SMILES string of the molecule is CCNC(=NCc1cccc(NC(=O)c2ccco2)c1)NCCCOCC1CCOC1. The highest BCUT2D eigenvalue weighted by Crippen LogP contribution is 2.14. The number of rotatable bonds is 11. The molecule has 1 fully saturated rings. The van der Waals surface area contributed by atoms with Gasteiger partial charge in [-0.2, -0.15) is 0 Å². The van der Waals surface area contributed by atoms with Crippen LogP contribution in [0.2, 0.25) is 0 Å². The summed E-state index contributed by atoms with van der Waals surface area (Å²) in [5.41, 5.74) is 1.70. The molecule has 3 N–H and O–H groups in total. The van der Waals surface area contributed by atoms with E-state index in [0.29, 0.717) is 18.2 Å². The van der Waals surface area contributed by atoms with Crippen LogP contribution >= 0.6 is 0 Å². The van der Waals surface area contributed by atoms with Gasteiger partial charge in [0, 0.05) is 37.9 Å². The highest BCUT2D eigenvalue weighted by molar-refractivity contribution is 6.02. The van der Waals surface area contributed by atoms with Gasteiger partial charge in [0.15, 0.2) is 11.7 Å². The summed E-state index contributed by atoms with van der Waals surface area (Å²) in [6.07, 6.45) is 3.49. The van der Waals surface area contributed by atoms with Gasteiger partial charge in [0.2, 0.25) is 0 Å². The zero-order valence-electron chi connectivity index (χ0n) is 18.1. The summed E-state index contributed by atoms with van der Waals surface area (Å²) in [6, 6.07) is 11.0. The number of hydrogen-bond donors (Lipinski definition) is 3. The molecule has 1 aromatic heterocycles. The van der Waals surface area contributed by atoms with Crippen molar-refractivity contribution in [2.45, 2.75) is 26.3 Å². The van der Waals surface area contributed by atoms with E-state index in [9.17, 15) is 4.79 Å². The standard InChI is InChI=1S/C23H32N4O4/c1-2-24-23(25-10-5-11-29-16-19-9-13-30-17-19)26-15-18-6-3-7-20(14-18)27-22(28)21-8-4-12-31-21/h3-4,6-8,12,14,19H,2,5,9-11,13,15-17H2,1H3,(H,27,28)(H2,24,25,26). The molecule has 0 bridgehead atoms. The van der Waals surface area contributed by atoms with Gasteiger partial charge >= 0.3 is 0 Å². The van der Waals surface area contributed by atoms with E-state index < -0.39 is 0 Å². The Balaban J connectivity index is 1.42. The molecule has 1 amide bonds. The van der Waals surface area contributed by atoms with Crippen LogP contribution in [0.1, 0.15) is 35.9 Å². The largest absolute Gasteiger partial charge is 0.459 e. The molecule has 2 heterocycles. The molecule has 1 aromatic carbocycles. The first-order valence-corrected chi connectivity index (χ1v) is 10.9. The Bertz CT molecular complexity index is 817. The predicted octanol–water partition coefficient (Wildman–Crippen LogP) is 3.03. The molecule has 0 spiro atoms. The van der Waals surface area contributed by atoms with Crippen molar-refractivity contribution in [2.24, 2.45) is 10.9 Å². The van der Waals surface area contributed by atoms with Gasteiger partial charge in [0.1, 0.15) is 0 Å². The van der Waals surface area contributed by atoms with E-state index in [1.807, 2.05) is 31.2 Å². The van der Waals surface area contributed by atoms with Crippen molar-refractivity contribution in [3.8, 4) is 0 Å². The summed E-state index contributed by atoms with van der Waals surface area (Å²) in [5, 5.41) is 9.43. The van der Waals surface area contributed by atoms with Crippen molar-refractivity contribution in [3.05, 3.63) is 54.0 Å². The molecule has 3 rings (SSSR count). The molecule has 31 heavy (non-hydrogen) atoms. The Hall–Kier alpha value is -2.84. The maximum absolute atomic E-state index is 12.1. The molecule has 1 aliphatic rings. The average Bonchev–Trinajstić information content (AvgIpc) is 3.49. The van der Waals surface area contributed by atoms with E-state index in [-0.39, 0.29) is 11.7 Å². The van der Waals surface area contributed by atoms with Crippen molar-refractivity contribution in [3.63, 3.8) is 0 Å².